The number of hydrogen-bond acceptors (Lipinski definition) is 3. The summed E-state index contributed by atoms with van der Waals surface area (Å²) in [7, 11) is 0. The summed E-state index contributed by atoms with van der Waals surface area (Å²) in [6.45, 7) is 1.85. The zero-order valence-corrected chi connectivity index (χ0v) is 10.7. The zero-order valence-electron chi connectivity index (χ0n) is 9.90. The molecule has 0 aromatic heterocycles. The molecule has 5 nitrogen and oxygen atoms in total. The van der Waals surface area contributed by atoms with Gasteiger partial charge in [0.2, 0.25) is 5.91 Å². The summed E-state index contributed by atoms with van der Waals surface area (Å²) in [6, 6.07) is 5.20. The molecule has 0 atom stereocenters. The van der Waals surface area contributed by atoms with E-state index in [1.165, 1.54) is 0 Å². The number of carbonyl (C=O) groups excluding carboxylic acids is 1. The molecular formula is C12H14ClN3O2. The van der Waals surface area contributed by atoms with Gasteiger partial charge in [-0.15, -0.1) is 0 Å². The molecule has 0 heterocycles. The van der Waals surface area contributed by atoms with Crippen molar-refractivity contribution < 1.29 is 10.0 Å². The highest BCUT2D eigenvalue weighted by molar-refractivity contribution is 6.30. The van der Waals surface area contributed by atoms with E-state index in [1.807, 2.05) is 6.92 Å². The average Bonchev–Trinajstić information content (AvgIpc) is 3.13. The Morgan fingerprint density at radius 2 is 2.22 bits per heavy atom. The van der Waals surface area contributed by atoms with Crippen LogP contribution in [0.3, 0.4) is 0 Å². The molecule has 0 saturated heterocycles. The molecule has 2 rings (SSSR count). The van der Waals surface area contributed by atoms with Gasteiger partial charge < -0.3 is 16.3 Å². The Labute approximate surface area is 110 Å². The first-order chi connectivity index (χ1) is 8.49. The minimum atomic E-state index is -0.846. The van der Waals surface area contributed by atoms with Crippen LogP contribution in [0, 0.1) is 12.3 Å². The van der Waals surface area contributed by atoms with Crippen molar-refractivity contribution in [3.05, 3.63) is 28.8 Å². The van der Waals surface area contributed by atoms with Crippen molar-refractivity contribution in [1.82, 2.24) is 0 Å². The number of aryl methyl sites for hydroxylation is 1. The molecule has 1 aliphatic rings. The number of nitrogens with zero attached hydrogens (tertiary/aromatic N) is 1. The number of nitrogens with one attached hydrogen (secondary N) is 1. The average molecular weight is 268 g/mol. The Balaban J connectivity index is 2.18. The Hall–Kier alpha value is -1.75. The molecule has 1 aliphatic carbocycles. The molecule has 18 heavy (non-hydrogen) atoms. The van der Waals surface area contributed by atoms with Crippen molar-refractivity contribution in [1.29, 1.82) is 0 Å². The Morgan fingerprint density at radius 1 is 1.56 bits per heavy atom. The molecule has 1 fully saturated rings. The maximum absolute atomic E-state index is 12.1. The highest BCUT2D eigenvalue weighted by Crippen LogP contribution is 2.46. The molecule has 4 N–H and O–H groups in total. The van der Waals surface area contributed by atoms with E-state index in [4.69, 9.17) is 22.5 Å². The van der Waals surface area contributed by atoms with Gasteiger partial charge in [0.25, 0.3) is 0 Å². The molecule has 0 bridgehead atoms. The van der Waals surface area contributed by atoms with Gasteiger partial charge in [-0.1, -0.05) is 16.8 Å². The van der Waals surface area contributed by atoms with E-state index in [-0.39, 0.29) is 11.7 Å². The molecule has 0 unspecified atom stereocenters. The fraction of sp³-hybridized carbons (Fsp3) is 0.333. The van der Waals surface area contributed by atoms with Crippen molar-refractivity contribution in [2.24, 2.45) is 16.3 Å². The van der Waals surface area contributed by atoms with Crippen LogP contribution in [-0.2, 0) is 4.79 Å². The zero-order chi connectivity index (χ0) is 13.3. The number of oxime groups is 1. The lowest BCUT2D eigenvalue weighted by Gasteiger charge is -2.15. The number of hydrogen-bond donors (Lipinski definition) is 3. The van der Waals surface area contributed by atoms with E-state index in [0.29, 0.717) is 23.6 Å². The molecular weight excluding hydrogens is 254 g/mol. The van der Waals surface area contributed by atoms with E-state index in [1.54, 1.807) is 18.2 Å². The molecule has 1 aromatic rings. The predicted molar refractivity (Wildman–Crippen MR) is 69.9 cm³/mol. The second kappa shape index (κ2) is 4.49. The number of rotatable bonds is 3. The predicted octanol–water partition coefficient (Wildman–Crippen LogP) is 2.11. The van der Waals surface area contributed by atoms with Gasteiger partial charge in [-0.2, -0.15) is 0 Å². The van der Waals surface area contributed by atoms with Gasteiger partial charge >= 0.3 is 0 Å². The lowest BCUT2D eigenvalue weighted by atomic mass is 10.0. The Morgan fingerprint density at radius 3 is 2.72 bits per heavy atom. The normalized spacial score (nSPS) is 17.3. The van der Waals surface area contributed by atoms with E-state index in [0.717, 1.165) is 5.56 Å². The van der Waals surface area contributed by atoms with Crippen molar-refractivity contribution >= 4 is 29.0 Å². The second-order valence-electron chi connectivity index (χ2n) is 4.48. The van der Waals surface area contributed by atoms with Crippen LogP contribution >= 0.6 is 11.6 Å². The summed E-state index contributed by atoms with van der Waals surface area (Å²) in [5, 5.41) is 15.0. The number of amidine groups is 1. The molecule has 1 amide bonds. The van der Waals surface area contributed by atoms with Gasteiger partial charge in [0.05, 0.1) is 0 Å². The van der Waals surface area contributed by atoms with Crippen molar-refractivity contribution in [2.45, 2.75) is 19.8 Å². The first-order valence-electron chi connectivity index (χ1n) is 5.55. The fourth-order valence-electron chi connectivity index (χ4n) is 1.83. The topological polar surface area (TPSA) is 87.7 Å². The minimum Gasteiger partial charge on any atom is -0.409 e. The van der Waals surface area contributed by atoms with Crippen LogP contribution in [0.2, 0.25) is 5.02 Å². The summed E-state index contributed by atoms with van der Waals surface area (Å²) in [5.41, 5.74) is 6.25. The number of carbonyl (C=O) groups is 1. The number of halogens is 1. The number of benzene rings is 1. The van der Waals surface area contributed by atoms with Gasteiger partial charge in [0, 0.05) is 10.7 Å². The number of nitrogens with two attached hydrogens (primary N) is 1. The molecule has 1 saturated carbocycles. The third-order valence-electron chi connectivity index (χ3n) is 3.22. The van der Waals surface area contributed by atoms with Crippen molar-refractivity contribution in [3.8, 4) is 0 Å². The summed E-state index contributed by atoms with van der Waals surface area (Å²) in [6.07, 6.45) is 1.20. The van der Waals surface area contributed by atoms with Crippen LogP contribution in [-0.4, -0.2) is 17.0 Å². The van der Waals surface area contributed by atoms with Gasteiger partial charge in [0.15, 0.2) is 5.84 Å². The molecule has 1 aromatic carbocycles. The van der Waals surface area contributed by atoms with Crippen LogP contribution < -0.4 is 11.1 Å². The third-order valence-corrected chi connectivity index (χ3v) is 3.45. The maximum Gasteiger partial charge on any atom is 0.238 e. The first-order valence-corrected chi connectivity index (χ1v) is 5.93. The van der Waals surface area contributed by atoms with Crippen LogP contribution in [0.5, 0.6) is 0 Å². The lowest BCUT2D eigenvalue weighted by molar-refractivity contribution is -0.119. The molecule has 0 spiro atoms. The van der Waals surface area contributed by atoms with Crippen LogP contribution in [0.25, 0.3) is 0 Å². The molecule has 6 heteroatoms. The number of anilines is 1. The fourth-order valence-corrected chi connectivity index (χ4v) is 2.06. The summed E-state index contributed by atoms with van der Waals surface area (Å²) in [5.74, 6) is -0.283. The lowest BCUT2D eigenvalue weighted by Crippen LogP contribution is -2.36. The highest BCUT2D eigenvalue weighted by Gasteiger charge is 2.54. The highest BCUT2D eigenvalue weighted by atomic mass is 35.5. The smallest absolute Gasteiger partial charge is 0.238 e. The summed E-state index contributed by atoms with van der Waals surface area (Å²) < 4.78 is 0. The monoisotopic (exact) mass is 267 g/mol. The van der Waals surface area contributed by atoms with E-state index in [9.17, 15) is 4.79 Å². The Bertz CT molecular complexity index is 524. The molecule has 0 radical (unpaired) electrons. The van der Waals surface area contributed by atoms with Gasteiger partial charge in [0.1, 0.15) is 5.41 Å². The molecule has 96 valence electrons. The quantitative estimate of drug-likeness (QED) is 0.339. The van der Waals surface area contributed by atoms with E-state index >= 15 is 0 Å². The van der Waals surface area contributed by atoms with E-state index < -0.39 is 5.41 Å². The third kappa shape index (κ3) is 2.13. The van der Waals surface area contributed by atoms with E-state index in [2.05, 4.69) is 10.5 Å². The van der Waals surface area contributed by atoms with Crippen molar-refractivity contribution in [2.75, 3.05) is 5.32 Å². The first kappa shape index (κ1) is 12.7. The Kier molecular flexibility index (Phi) is 3.17. The summed E-state index contributed by atoms with van der Waals surface area (Å²) >= 11 is 5.84. The second-order valence-corrected chi connectivity index (χ2v) is 4.92. The SMILES string of the molecule is Cc1cc(Cl)ccc1NC(=O)C1(/C(N)=N/O)CC1. The maximum atomic E-state index is 12.1. The van der Waals surface area contributed by atoms with Crippen LogP contribution in [0.1, 0.15) is 18.4 Å². The van der Waals surface area contributed by atoms with Gasteiger partial charge in [-0.25, -0.2) is 0 Å². The molecule has 0 aliphatic heterocycles. The summed E-state index contributed by atoms with van der Waals surface area (Å²) in [4.78, 5) is 12.1. The van der Waals surface area contributed by atoms with Crippen LogP contribution in [0.4, 0.5) is 5.69 Å². The van der Waals surface area contributed by atoms with Gasteiger partial charge in [-0.3, -0.25) is 4.79 Å². The minimum absolute atomic E-state index is 0.0355. The largest absolute Gasteiger partial charge is 0.409 e. The number of amides is 1. The van der Waals surface area contributed by atoms with Crippen molar-refractivity contribution in [3.63, 3.8) is 0 Å². The standard InChI is InChI=1S/C12H14ClN3O2/c1-7-6-8(13)2-3-9(7)15-11(17)12(4-5-12)10(14)16-18/h2-3,6,18H,4-5H2,1H3,(H2,14,16)(H,15,17). The van der Waals surface area contributed by atoms with Gasteiger partial charge in [-0.05, 0) is 43.5 Å². The van der Waals surface area contributed by atoms with Crippen LogP contribution in [0.15, 0.2) is 23.4 Å².